The highest BCUT2D eigenvalue weighted by molar-refractivity contribution is 5.92. The Morgan fingerprint density at radius 3 is 2.10 bits per heavy atom. The summed E-state index contributed by atoms with van der Waals surface area (Å²) in [5, 5.41) is 0. The summed E-state index contributed by atoms with van der Waals surface area (Å²) in [6, 6.07) is 26.4. The summed E-state index contributed by atoms with van der Waals surface area (Å²) in [6.07, 6.45) is 5.23. The van der Waals surface area contributed by atoms with Crippen LogP contribution < -0.4 is 9.47 Å². The topological polar surface area (TPSA) is 54.9 Å². The van der Waals surface area contributed by atoms with Gasteiger partial charge in [-0.2, -0.15) is 0 Å². The largest absolute Gasteiger partial charge is 0.487 e. The number of aromatic nitrogens is 1. The van der Waals surface area contributed by atoms with Gasteiger partial charge in [-0.15, -0.1) is 0 Å². The smallest absolute Gasteiger partial charge is 0.246 e. The molecule has 0 N–H and O–H groups in total. The van der Waals surface area contributed by atoms with Crippen molar-refractivity contribution >= 4 is 12.0 Å². The van der Waals surface area contributed by atoms with Gasteiger partial charge in [0.2, 0.25) is 11.8 Å². The Morgan fingerprint density at radius 1 is 0.805 bits per heavy atom. The molecule has 1 fully saturated rings. The summed E-state index contributed by atoms with van der Waals surface area (Å²) >= 11 is 0. The Balaban J connectivity index is 1.09. The zero-order chi connectivity index (χ0) is 28.6. The fraction of sp³-hybridized carbons (Fsp3) is 0.257. The van der Waals surface area contributed by atoms with Crippen molar-refractivity contribution in [2.24, 2.45) is 0 Å². The number of pyridine rings is 1. The molecule has 0 aliphatic carbocycles. The van der Waals surface area contributed by atoms with Gasteiger partial charge in [-0.3, -0.25) is 9.69 Å². The maximum atomic E-state index is 12.8. The second-order valence-corrected chi connectivity index (χ2v) is 10.6. The first-order valence-corrected chi connectivity index (χ1v) is 14.1. The van der Waals surface area contributed by atoms with Crippen LogP contribution in [-0.4, -0.2) is 46.9 Å². The Morgan fingerprint density at radius 2 is 1.46 bits per heavy atom. The molecule has 210 valence electrons. The highest BCUT2D eigenvalue weighted by Crippen LogP contribution is 2.25. The first-order chi connectivity index (χ1) is 19.9. The molecule has 1 amide bonds. The van der Waals surface area contributed by atoms with E-state index in [9.17, 15) is 4.79 Å². The average molecular weight is 548 g/mol. The van der Waals surface area contributed by atoms with Gasteiger partial charge in [0, 0.05) is 44.9 Å². The molecule has 1 saturated heterocycles. The van der Waals surface area contributed by atoms with E-state index < -0.39 is 0 Å². The summed E-state index contributed by atoms with van der Waals surface area (Å²) < 4.78 is 11.8. The number of rotatable bonds is 9. The van der Waals surface area contributed by atoms with Gasteiger partial charge in [0.05, 0.1) is 6.20 Å². The van der Waals surface area contributed by atoms with Gasteiger partial charge >= 0.3 is 0 Å². The lowest BCUT2D eigenvalue weighted by atomic mass is 10.1. The molecule has 6 nitrogen and oxygen atoms in total. The molecule has 6 heteroatoms. The maximum Gasteiger partial charge on any atom is 0.246 e. The van der Waals surface area contributed by atoms with E-state index in [0.717, 1.165) is 49.4 Å². The maximum absolute atomic E-state index is 12.8. The van der Waals surface area contributed by atoms with Crippen LogP contribution in [-0.2, 0) is 17.9 Å². The van der Waals surface area contributed by atoms with Gasteiger partial charge in [0.15, 0.2) is 0 Å². The van der Waals surface area contributed by atoms with Crippen LogP contribution in [0, 0.1) is 20.8 Å². The van der Waals surface area contributed by atoms with E-state index in [0.29, 0.717) is 24.0 Å². The number of hydrogen-bond donors (Lipinski definition) is 0. The molecule has 1 aliphatic rings. The number of carbonyl (C=O) groups excluding carboxylic acids is 1. The third kappa shape index (κ3) is 8.05. The van der Waals surface area contributed by atoms with Crippen molar-refractivity contribution in [1.29, 1.82) is 0 Å². The number of benzene rings is 3. The Bertz CT molecular complexity index is 1470. The molecule has 0 atom stereocenters. The Hall–Kier alpha value is -4.42. The van der Waals surface area contributed by atoms with Crippen molar-refractivity contribution in [2.45, 2.75) is 33.9 Å². The standard InChI is InChI=1S/C35H37N3O3/c1-26-4-8-29(9-5-26)24-37-18-20-38(21-19-37)35(39)17-13-31-12-14-32(22-28(31)3)41-34-16-15-33(23-36-34)40-25-30-10-6-27(2)7-11-30/h4-17,22-23H,18-21,24-25H2,1-3H3/b17-13+. The minimum absolute atomic E-state index is 0.0496. The highest BCUT2D eigenvalue weighted by atomic mass is 16.5. The van der Waals surface area contributed by atoms with Crippen LogP contribution in [0.15, 0.2) is 91.1 Å². The molecular formula is C35H37N3O3. The molecule has 0 spiro atoms. The lowest BCUT2D eigenvalue weighted by Gasteiger charge is -2.34. The summed E-state index contributed by atoms with van der Waals surface area (Å²) in [6.45, 7) is 10.8. The normalized spacial score (nSPS) is 13.9. The van der Waals surface area contributed by atoms with E-state index in [4.69, 9.17) is 9.47 Å². The Labute approximate surface area is 242 Å². The second-order valence-electron chi connectivity index (χ2n) is 10.6. The molecule has 3 aromatic carbocycles. The number of carbonyl (C=O) groups is 1. The van der Waals surface area contributed by atoms with Crippen molar-refractivity contribution < 1.29 is 14.3 Å². The summed E-state index contributed by atoms with van der Waals surface area (Å²) in [5.74, 6) is 1.92. The lowest BCUT2D eigenvalue weighted by Crippen LogP contribution is -2.47. The van der Waals surface area contributed by atoms with Crippen molar-refractivity contribution in [2.75, 3.05) is 26.2 Å². The number of piperazine rings is 1. The van der Waals surface area contributed by atoms with Crippen LogP contribution in [0.25, 0.3) is 6.08 Å². The molecule has 4 aromatic rings. The first-order valence-electron chi connectivity index (χ1n) is 14.1. The summed E-state index contributed by atoms with van der Waals surface area (Å²) in [7, 11) is 0. The number of nitrogens with zero attached hydrogens (tertiary/aromatic N) is 3. The second kappa shape index (κ2) is 13.3. The molecule has 0 radical (unpaired) electrons. The molecule has 0 saturated carbocycles. The fourth-order valence-electron chi connectivity index (χ4n) is 4.73. The van der Waals surface area contributed by atoms with E-state index in [1.807, 2.05) is 42.2 Å². The monoisotopic (exact) mass is 547 g/mol. The van der Waals surface area contributed by atoms with Crippen LogP contribution in [0.5, 0.6) is 17.4 Å². The van der Waals surface area contributed by atoms with Gasteiger partial charge in [0.1, 0.15) is 18.1 Å². The zero-order valence-electron chi connectivity index (χ0n) is 24.0. The van der Waals surface area contributed by atoms with E-state index >= 15 is 0 Å². The van der Waals surface area contributed by atoms with E-state index in [2.05, 4.69) is 72.3 Å². The zero-order valence-corrected chi connectivity index (χ0v) is 24.0. The van der Waals surface area contributed by atoms with Crippen molar-refractivity contribution in [3.63, 3.8) is 0 Å². The van der Waals surface area contributed by atoms with Crippen LogP contribution in [0.3, 0.4) is 0 Å². The van der Waals surface area contributed by atoms with Gasteiger partial charge < -0.3 is 14.4 Å². The Kier molecular flexibility index (Phi) is 9.12. The van der Waals surface area contributed by atoms with Gasteiger partial charge in [-0.05, 0) is 67.3 Å². The van der Waals surface area contributed by atoms with Crippen LogP contribution in [0.1, 0.15) is 33.4 Å². The van der Waals surface area contributed by atoms with E-state index in [-0.39, 0.29) is 5.91 Å². The SMILES string of the molecule is Cc1ccc(COc2ccc(Oc3ccc(/C=C/C(=O)N4CCN(Cc5ccc(C)cc5)CC4)c(C)c3)nc2)cc1. The van der Waals surface area contributed by atoms with Crippen LogP contribution >= 0.6 is 0 Å². The third-order valence-corrected chi connectivity index (χ3v) is 7.32. The van der Waals surface area contributed by atoms with Crippen LogP contribution in [0.4, 0.5) is 0 Å². The summed E-state index contributed by atoms with van der Waals surface area (Å²) in [5.41, 5.74) is 6.93. The molecule has 0 unspecified atom stereocenters. The number of hydrogen-bond acceptors (Lipinski definition) is 5. The fourth-order valence-corrected chi connectivity index (χ4v) is 4.73. The lowest BCUT2D eigenvalue weighted by molar-refractivity contribution is -0.127. The van der Waals surface area contributed by atoms with Gasteiger partial charge in [-0.25, -0.2) is 4.98 Å². The van der Waals surface area contributed by atoms with Crippen LogP contribution in [0.2, 0.25) is 0 Å². The van der Waals surface area contributed by atoms with Gasteiger partial charge in [-0.1, -0.05) is 65.7 Å². The summed E-state index contributed by atoms with van der Waals surface area (Å²) in [4.78, 5) is 21.5. The van der Waals surface area contributed by atoms with Crippen molar-refractivity contribution in [3.8, 4) is 17.4 Å². The van der Waals surface area contributed by atoms with Crippen molar-refractivity contribution in [1.82, 2.24) is 14.8 Å². The van der Waals surface area contributed by atoms with Gasteiger partial charge in [0.25, 0.3) is 0 Å². The molecule has 1 aliphatic heterocycles. The molecule has 2 heterocycles. The quantitative estimate of drug-likeness (QED) is 0.217. The molecule has 0 bridgehead atoms. The van der Waals surface area contributed by atoms with E-state index in [1.165, 1.54) is 16.7 Å². The predicted molar refractivity (Wildman–Crippen MR) is 163 cm³/mol. The number of ether oxygens (including phenoxy) is 2. The number of aryl methyl sites for hydroxylation is 3. The molecule has 1 aromatic heterocycles. The average Bonchev–Trinajstić information content (AvgIpc) is 2.99. The number of amides is 1. The third-order valence-electron chi connectivity index (χ3n) is 7.32. The molecule has 5 rings (SSSR count). The molecular weight excluding hydrogens is 510 g/mol. The first kappa shape index (κ1) is 28.1. The minimum atomic E-state index is 0.0496. The van der Waals surface area contributed by atoms with Crippen molar-refractivity contribution in [3.05, 3.63) is 125 Å². The minimum Gasteiger partial charge on any atom is -0.487 e. The highest BCUT2D eigenvalue weighted by Gasteiger charge is 2.19. The molecule has 41 heavy (non-hydrogen) atoms. The predicted octanol–water partition coefficient (Wildman–Crippen LogP) is 6.74. The van der Waals surface area contributed by atoms with E-state index in [1.54, 1.807) is 18.3 Å².